The van der Waals surface area contributed by atoms with Crippen molar-refractivity contribution in [2.45, 2.75) is 56.7 Å². The van der Waals surface area contributed by atoms with E-state index in [-0.39, 0.29) is 0 Å². The van der Waals surface area contributed by atoms with Crippen LogP contribution in [-0.4, -0.2) is 10.2 Å². The lowest BCUT2D eigenvalue weighted by atomic mass is 9.97. The van der Waals surface area contributed by atoms with Crippen LogP contribution in [0.2, 0.25) is 0 Å². The fourth-order valence-corrected chi connectivity index (χ4v) is 3.15. The maximum absolute atomic E-state index is 4.48. The lowest BCUT2D eigenvalue weighted by molar-refractivity contribution is 0.688. The van der Waals surface area contributed by atoms with Gasteiger partial charge in [0, 0.05) is 22.5 Å². The highest BCUT2D eigenvalue weighted by Crippen LogP contribution is 2.37. The quantitative estimate of drug-likeness (QED) is 0.824. The summed E-state index contributed by atoms with van der Waals surface area (Å²) in [5, 5.41) is 8.68. The zero-order valence-electron chi connectivity index (χ0n) is 9.52. The first kappa shape index (κ1) is 11.2. The summed E-state index contributed by atoms with van der Waals surface area (Å²) in [5.41, 5.74) is 4.05. The predicted molar refractivity (Wildman–Crippen MR) is 66.5 cm³/mol. The van der Waals surface area contributed by atoms with Gasteiger partial charge in [-0.05, 0) is 18.8 Å². The second-order valence-electron chi connectivity index (χ2n) is 4.77. The van der Waals surface area contributed by atoms with Crippen LogP contribution in [0.4, 0.5) is 0 Å². The van der Waals surface area contributed by atoms with Crippen LogP contribution in [0.15, 0.2) is 0 Å². The second-order valence-corrected chi connectivity index (χ2v) is 5.33. The summed E-state index contributed by atoms with van der Waals surface area (Å²) in [4.78, 5) is 0. The van der Waals surface area contributed by atoms with E-state index in [1.165, 1.54) is 42.6 Å². The molecule has 1 aromatic heterocycles. The van der Waals surface area contributed by atoms with Gasteiger partial charge in [-0.1, -0.05) is 42.6 Å². The monoisotopic (exact) mass is 270 g/mol. The molecule has 1 fully saturated rings. The van der Waals surface area contributed by atoms with Crippen LogP contribution in [0, 0.1) is 0 Å². The topological polar surface area (TPSA) is 28.7 Å². The highest BCUT2D eigenvalue weighted by atomic mass is 79.9. The maximum atomic E-state index is 4.48. The Balaban J connectivity index is 2.30. The lowest BCUT2D eigenvalue weighted by Gasteiger charge is -2.09. The molecule has 0 spiro atoms. The van der Waals surface area contributed by atoms with E-state index in [4.69, 9.17) is 0 Å². The van der Waals surface area contributed by atoms with Gasteiger partial charge in [-0.2, -0.15) is 5.10 Å². The van der Waals surface area contributed by atoms with Crippen molar-refractivity contribution in [1.82, 2.24) is 10.2 Å². The average Bonchev–Trinajstić information content (AvgIpc) is 2.85. The molecule has 1 aromatic rings. The summed E-state index contributed by atoms with van der Waals surface area (Å²) in [6.07, 6.45) is 5.42. The predicted octanol–water partition coefficient (Wildman–Crippen LogP) is 4.09. The molecule has 0 unspecified atom stereocenters. The molecule has 84 valence electrons. The van der Waals surface area contributed by atoms with Crippen molar-refractivity contribution >= 4 is 15.9 Å². The Hall–Kier alpha value is -0.310. The van der Waals surface area contributed by atoms with Crippen LogP contribution in [-0.2, 0) is 5.33 Å². The maximum Gasteiger partial charge on any atom is 0.0690 e. The van der Waals surface area contributed by atoms with Gasteiger partial charge in [-0.15, -0.1) is 0 Å². The highest BCUT2D eigenvalue weighted by Gasteiger charge is 2.24. The van der Waals surface area contributed by atoms with E-state index in [9.17, 15) is 0 Å². The largest absolute Gasteiger partial charge is 0.282 e. The number of nitrogens with zero attached hydrogens (tertiary/aromatic N) is 1. The molecule has 1 aliphatic carbocycles. The Labute approximate surface area is 100.0 Å². The third-order valence-corrected chi connectivity index (χ3v) is 3.94. The minimum atomic E-state index is 0.518. The van der Waals surface area contributed by atoms with Gasteiger partial charge in [0.05, 0.1) is 5.69 Å². The van der Waals surface area contributed by atoms with E-state index >= 15 is 0 Å². The molecule has 0 radical (unpaired) electrons. The van der Waals surface area contributed by atoms with Crippen LogP contribution >= 0.6 is 15.9 Å². The molecular weight excluding hydrogens is 252 g/mol. The summed E-state index contributed by atoms with van der Waals surface area (Å²) in [6, 6.07) is 0. The molecule has 0 saturated heterocycles. The molecule has 0 bridgehead atoms. The van der Waals surface area contributed by atoms with E-state index in [0.29, 0.717) is 5.92 Å². The zero-order valence-corrected chi connectivity index (χ0v) is 11.1. The van der Waals surface area contributed by atoms with Crippen molar-refractivity contribution in [3.05, 3.63) is 17.0 Å². The molecular formula is C12H19BrN2. The molecule has 0 amide bonds. The molecule has 1 saturated carbocycles. The number of aromatic amines is 1. The van der Waals surface area contributed by atoms with E-state index in [2.05, 4.69) is 40.0 Å². The van der Waals surface area contributed by atoms with Gasteiger partial charge < -0.3 is 0 Å². The van der Waals surface area contributed by atoms with Crippen LogP contribution in [0.3, 0.4) is 0 Å². The fourth-order valence-electron chi connectivity index (χ4n) is 2.56. The van der Waals surface area contributed by atoms with Gasteiger partial charge >= 0.3 is 0 Å². The fraction of sp³-hybridized carbons (Fsp3) is 0.750. The van der Waals surface area contributed by atoms with Crippen molar-refractivity contribution in [2.75, 3.05) is 0 Å². The number of H-pyrrole nitrogens is 1. The van der Waals surface area contributed by atoms with E-state index in [1.54, 1.807) is 0 Å². The van der Waals surface area contributed by atoms with Crippen LogP contribution in [0.1, 0.15) is 68.3 Å². The number of hydrogen-bond acceptors (Lipinski definition) is 1. The molecule has 15 heavy (non-hydrogen) atoms. The minimum Gasteiger partial charge on any atom is -0.282 e. The van der Waals surface area contributed by atoms with Crippen LogP contribution in [0.25, 0.3) is 0 Å². The normalized spacial score (nSPS) is 17.9. The summed E-state index contributed by atoms with van der Waals surface area (Å²) < 4.78 is 0. The summed E-state index contributed by atoms with van der Waals surface area (Å²) in [6.45, 7) is 4.42. The van der Waals surface area contributed by atoms with E-state index in [1.807, 2.05) is 0 Å². The Bertz CT molecular complexity index is 324. The van der Waals surface area contributed by atoms with Crippen molar-refractivity contribution in [1.29, 1.82) is 0 Å². The molecule has 3 heteroatoms. The molecule has 1 heterocycles. The molecule has 2 nitrogen and oxygen atoms in total. The summed E-state index contributed by atoms with van der Waals surface area (Å²) in [7, 11) is 0. The number of aromatic nitrogens is 2. The molecule has 0 atom stereocenters. The van der Waals surface area contributed by atoms with Gasteiger partial charge in [0.25, 0.3) is 0 Å². The van der Waals surface area contributed by atoms with Gasteiger partial charge in [0.15, 0.2) is 0 Å². The Morgan fingerprint density at radius 2 is 2.07 bits per heavy atom. The average molecular weight is 271 g/mol. The third kappa shape index (κ3) is 2.12. The van der Waals surface area contributed by atoms with Crippen LogP contribution in [0.5, 0.6) is 0 Å². The minimum absolute atomic E-state index is 0.518. The summed E-state index contributed by atoms with van der Waals surface area (Å²) in [5.74, 6) is 1.25. The second kappa shape index (κ2) is 4.69. The standard InChI is InChI=1S/C12H19BrN2/c1-8(2)11-10(7-13)12(15-14-11)9-5-3-4-6-9/h8-9H,3-7H2,1-2H3,(H,14,15). The Morgan fingerprint density at radius 1 is 1.40 bits per heavy atom. The van der Waals surface area contributed by atoms with Gasteiger partial charge in [0.2, 0.25) is 0 Å². The van der Waals surface area contributed by atoms with Crippen molar-refractivity contribution in [3.63, 3.8) is 0 Å². The van der Waals surface area contributed by atoms with E-state index in [0.717, 1.165) is 11.2 Å². The molecule has 0 aliphatic heterocycles. The number of hydrogen-bond donors (Lipinski definition) is 1. The number of alkyl halides is 1. The lowest BCUT2D eigenvalue weighted by Crippen LogP contribution is -1.98. The van der Waals surface area contributed by atoms with Crippen LogP contribution < -0.4 is 0 Å². The van der Waals surface area contributed by atoms with E-state index < -0.39 is 0 Å². The summed E-state index contributed by atoms with van der Waals surface area (Å²) >= 11 is 3.59. The van der Waals surface area contributed by atoms with Gasteiger partial charge in [-0.25, -0.2) is 0 Å². The number of rotatable bonds is 3. The first-order valence-electron chi connectivity index (χ1n) is 5.87. The first-order valence-corrected chi connectivity index (χ1v) is 6.99. The Morgan fingerprint density at radius 3 is 2.60 bits per heavy atom. The molecule has 0 aromatic carbocycles. The molecule has 2 rings (SSSR count). The molecule has 1 N–H and O–H groups in total. The number of nitrogens with one attached hydrogen (secondary N) is 1. The zero-order chi connectivity index (χ0) is 10.8. The highest BCUT2D eigenvalue weighted by molar-refractivity contribution is 9.08. The van der Waals surface area contributed by atoms with Gasteiger partial charge in [-0.3, -0.25) is 5.10 Å². The number of halogens is 1. The molecule has 1 aliphatic rings. The van der Waals surface area contributed by atoms with Crippen molar-refractivity contribution < 1.29 is 0 Å². The Kier molecular flexibility index (Phi) is 3.49. The van der Waals surface area contributed by atoms with Gasteiger partial charge in [0.1, 0.15) is 0 Å². The van der Waals surface area contributed by atoms with Crippen molar-refractivity contribution in [2.24, 2.45) is 0 Å². The SMILES string of the molecule is CC(C)c1n[nH]c(C2CCCC2)c1CBr. The third-order valence-electron chi connectivity index (χ3n) is 3.38. The smallest absolute Gasteiger partial charge is 0.0690 e. The van der Waals surface area contributed by atoms with Crippen molar-refractivity contribution in [3.8, 4) is 0 Å². The first-order chi connectivity index (χ1) is 7.24.